The summed E-state index contributed by atoms with van der Waals surface area (Å²) < 4.78 is 4.21. The second-order valence-electron chi connectivity index (χ2n) is 8.50. The molecule has 152 valence electrons. The number of hydrogen-bond donors (Lipinski definition) is 0. The van der Waals surface area contributed by atoms with Crippen molar-refractivity contribution < 1.29 is 4.79 Å². The highest BCUT2D eigenvalue weighted by Crippen LogP contribution is 2.30. The molecule has 1 amide bonds. The number of likely N-dealkylation sites (tertiary alicyclic amines) is 1. The Kier molecular flexibility index (Phi) is 5.78. The summed E-state index contributed by atoms with van der Waals surface area (Å²) in [7, 11) is 2.05. The van der Waals surface area contributed by atoms with Crippen molar-refractivity contribution in [1.82, 2.24) is 29.2 Å². The van der Waals surface area contributed by atoms with Crippen molar-refractivity contribution in [2.45, 2.75) is 70.8 Å². The minimum Gasteiger partial charge on any atom is -0.343 e. The molecule has 0 bridgehead atoms. The SMILES string of the molecule is Cc1nccn1Cc1nnc(C2CCN(C(=O)CC3CCCCC3)CC2)n1C. The average Bonchev–Trinajstić information content (AvgIpc) is 3.29. The molecule has 1 aliphatic heterocycles. The molecule has 2 aliphatic rings. The van der Waals surface area contributed by atoms with E-state index < -0.39 is 0 Å². The Morgan fingerprint density at radius 2 is 1.86 bits per heavy atom. The quantitative estimate of drug-likeness (QED) is 0.794. The van der Waals surface area contributed by atoms with Crippen molar-refractivity contribution in [2.75, 3.05) is 13.1 Å². The van der Waals surface area contributed by atoms with Crippen LogP contribution in [-0.2, 0) is 18.4 Å². The van der Waals surface area contributed by atoms with E-state index in [1.165, 1.54) is 32.1 Å². The van der Waals surface area contributed by atoms with Gasteiger partial charge in [0.05, 0.1) is 6.54 Å². The predicted molar refractivity (Wildman–Crippen MR) is 107 cm³/mol. The van der Waals surface area contributed by atoms with Crippen molar-refractivity contribution in [1.29, 1.82) is 0 Å². The molecule has 0 N–H and O–H groups in total. The van der Waals surface area contributed by atoms with Gasteiger partial charge >= 0.3 is 0 Å². The van der Waals surface area contributed by atoms with Gasteiger partial charge in [-0.1, -0.05) is 19.3 Å². The molecule has 2 aromatic heterocycles. The van der Waals surface area contributed by atoms with Gasteiger partial charge in [-0.15, -0.1) is 10.2 Å². The first-order valence-corrected chi connectivity index (χ1v) is 10.8. The Balaban J connectivity index is 1.32. The van der Waals surface area contributed by atoms with Crippen LogP contribution in [-0.4, -0.2) is 48.2 Å². The van der Waals surface area contributed by atoms with E-state index in [2.05, 4.69) is 36.3 Å². The summed E-state index contributed by atoms with van der Waals surface area (Å²) in [6.07, 6.45) is 12.9. The third-order valence-electron chi connectivity index (χ3n) is 6.63. The van der Waals surface area contributed by atoms with E-state index in [1.807, 2.05) is 19.3 Å². The van der Waals surface area contributed by atoms with Gasteiger partial charge < -0.3 is 14.0 Å². The molecular weight excluding hydrogens is 352 g/mol. The number of aryl methyl sites for hydroxylation is 1. The van der Waals surface area contributed by atoms with Crippen LogP contribution in [0.15, 0.2) is 12.4 Å². The fourth-order valence-electron chi connectivity index (χ4n) is 4.75. The third-order valence-corrected chi connectivity index (χ3v) is 6.63. The number of nitrogens with zero attached hydrogens (tertiary/aromatic N) is 6. The van der Waals surface area contributed by atoms with Crippen LogP contribution in [0.5, 0.6) is 0 Å². The maximum atomic E-state index is 12.7. The Morgan fingerprint density at radius 1 is 1.11 bits per heavy atom. The summed E-state index contributed by atoms with van der Waals surface area (Å²) >= 11 is 0. The summed E-state index contributed by atoms with van der Waals surface area (Å²) in [5.41, 5.74) is 0. The maximum absolute atomic E-state index is 12.7. The monoisotopic (exact) mass is 384 g/mol. The topological polar surface area (TPSA) is 68.8 Å². The van der Waals surface area contributed by atoms with E-state index in [-0.39, 0.29) is 0 Å². The van der Waals surface area contributed by atoms with Gasteiger partial charge in [-0.3, -0.25) is 4.79 Å². The first kappa shape index (κ1) is 19.2. The lowest BCUT2D eigenvalue weighted by molar-refractivity contribution is -0.133. The summed E-state index contributed by atoms with van der Waals surface area (Å²) in [5.74, 6) is 4.34. The summed E-state index contributed by atoms with van der Waals surface area (Å²) in [4.78, 5) is 19.0. The van der Waals surface area contributed by atoms with Crippen molar-refractivity contribution >= 4 is 5.91 Å². The van der Waals surface area contributed by atoms with Gasteiger partial charge in [0.1, 0.15) is 11.6 Å². The van der Waals surface area contributed by atoms with Crippen molar-refractivity contribution in [2.24, 2.45) is 13.0 Å². The number of piperidine rings is 1. The highest BCUT2D eigenvalue weighted by atomic mass is 16.2. The van der Waals surface area contributed by atoms with Crippen LogP contribution in [0.4, 0.5) is 0 Å². The molecule has 0 unspecified atom stereocenters. The molecule has 4 rings (SSSR count). The molecule has 7 heteroatoms. The Labute approximate surface area is 167 Å². The molecule has 2 fully saturated rings. The fraction of sp³-hybridized carbons (Fsp3) is 0.714. The number of carbonyl (C=O) groups is 1. The van der Waals surface area contributed by atoms with Crippen LogP contribution in [0.3, 0.4) is 0 Å². The van der Waals surface area contributed by atoms with Gasteiger partial charge in [0.2, 0.25) is 5.91 Å². The largest absolute Gasteiger partial charge is 0.343 e. The zero-order chi connectivity index (χ0) is 19.5. The molecule has 1 saturated carbocycles. The first-order valence-electron chi connectivity index (χ1n) is 10.8. The highest BCUT2D eigenvalue weighted by Gasteiger charge is 2.28. The second kappa shape index (κ2) is 8.45. The fourth-order valence-corrected chi connectivity index (χ4v) is 4.75. The molecule has 1 aliphatic carbocycles. The molecule has 1 saturated heterocycles. The predicted octanol–water partition coefficient (Wildman–Crippen LogP) is 3.04. The zero-order valence-corrected chi connectivity index (χ0v) is 17.2. The zero-order valence-electron chi connectivity index (χ0n) is 17.2. The van der Waals surface area contributed by atoms with Gasteiger partial charge in [-0.05, 0) is 38.5 Å². The number of imidazole rings is 1. The lowest BCUT2D eigenvalue weighted by Crippen LogP contribution is -2.39. The van der Waals surface area contributed by atoms with E-state index in [9.17, 15) is 4.79 Å². The van der Waals surface area contributed by atoms with E-state index in [4.69, 9.17) is 0 Å². The van der Waals surface area contributed by atoms with Crippen LogP contribution in [0.2, 0.25) is 0 Å². The van der Waals surface area contributed by atoms with Gasteiger partial charge in [-0.2, -0.15) is 0 Å². The van der Waals surface area contributed by atoms with Crippen molar-refractivity contribution in [3.05, 3.63) is 29.9 Å². The molecule has 3 heterocycles. The van der Waals surface area contributed by atoms with Gasteiger partial charge in [0, 0.05) is 44.9 Å². The van der Waals surface area contributed by atoms with E-state index in [1.54, 1.807) is 0 Å². The number of hydrogen-bond acceptors (Lipinski definition) is 4. The third kappa shape index (κ3) is 4.13. The summed E-state index contributed by atoms with van der Waals surface area (Å²) in [6, 6.07) is 0. The van der Waals surface area contributed by atoms with Crippen LogP contribution in [0.1, 0.15) is 74.8 Å². The van der Waals surface area contributed by atoms with E-state index >= 15 is 0 Å². The van der Waals surface area contributed by atoms with E-state index in [0.29, 0.717) is 24.3 Å². The Morgan fingerprint density at radius 3 is 2.54 bits per heavy atom. The molecule has 2 aromatic rings. The summed E-state index contributed by atoms with van der Waals surface area (Å²) in [6.45, 7) is 4.38. The van der Waals surface area contributed by atoms with Gasteiger partial charge in [0.15, 0.2) is 5.82 Å². The Bertz CT molecular complexity index is 796. The normalized spacial score (nSPS) is 19.3. The second-order valence-corrected chi connectivity index (χ2v) is 8.50. The van der Waals surface area contributed by atoms with Gasteiger partial charge in [0.25, 0.3) is 0 Å². The number of amides is 1. The molecule has 0 radical (unpaired) electrons. The molecule has 0 spiro atoms. The first-order chi connectivity index (χ1) is 13.6. The van der Waals surface area contributed by atoms with Gasteiger partial charge in [-0.25, -0.2) is 4.98 Å². The van der Waals surface area contributed by atoms with Crippen LogP contribution >= 0.6 is 0 Å². The van der Waals surface area contributed by atoms with E-state index in [0.717, 1.165) is 49.8 Å². The highest BCUT2D eigenvalue weighted by molar-refractivity contribution is 5.76. The number of carbonyl (C=O) groups excluding carboxylic acids is 1. The molecule has 7 nitrogen and oxygen atoms in total. The smallest absolute Gasteiger partial charge is 0.222 e. The van der Waals surface area contributed by atoms with Crippen LogP contribution in [0, 0.1) is 12.8 Å². The van der Waals surface area contributed by atoms with Crippen molar-refractivity contribution in [3.8, 4) is 0 Å². The lowest BCUT2D eigenvalue weighted by atomic mass is 9.86. The van der Waals surface area contributed by atoms with Crippen LogP contribution < -0.4 is 0 Å². The Hall–Kier alpha value is -2.18. The maximum Gasteiger partial charge on any atom is 0.222 e. The minimum atomic E-state index is 0.361. The standard InChI is InChI=1S/C21H32N6O/c1-16-22-10-13-27(16)15-19-23-24-21(25(19)2)18-8-11-26(12-9-18)20(28)14-17-6-4-3-5-7-17/h10,13,17-18H,3-9,11-12,14-15H2,1-2H3. The average molecular weight is 385 g/mol. The van der Waals surface area contributed by atoms with Crippen molar-refractivity contribution in [3.63, 3.8) is 0 Å². The summed E-state index contributed by atoms with van der Waals surface area (Å²) in [5, 5.41) is 8.91. The molecule has 0 aromatic carbocycles. The van der Waals surface area contributed by atoms with Crippen LogP contribution in [0.25, 0.3) is 0 Å². The molecule has 28 heavy (non-hydrogen) atoms. The minimum absolute atomic E-state index is 0.361. The molecule has 0 atom stereocenters. The lowest BCUT2D eigenvalue weighted by Gasteiger charge is -2.33. The molecular formula is C21H32N6O. The number of rotatable bonds is 5. The number of aromatic nitrogens is 5.